The summed E-state index contributed by atoms with van der Waals surface area (Å²) in [6.45, 7) is 7.74. The lowest BCUT2D eigenvalue weighted by Gasteiger charge is -2.11. The van der Waals surface area contributed by atoms with Gasteiger partial charge in [0.05, 0.1) is 11.8 Å². The molecule has 4 nitrogen and oxygen atoms in total. The van der Waals surface area contributed by atoms with Crippen LogP contribution in [0.25, 0.3) is 10.2 Å². The summed E-state index contributed by atoms with van der Waals surface area (Å²) in [5.41, 5.74) is 2.00. The molecule has 2 aromatic rings. The summed E-state index contributed by atoms with van der Waals surface area (Å²) in [6, 6.07) is 0.487. The maximum Gasteiger partial charge on any atom is 0.271 e. The fourth-order valence-corrected chi connectivity index (χ4v) is 2.75. The van der Waals surface area contributed by atoms with Crippen molar-refractivity contribution in [3.05, 3.63) is 27.6 Å². The third-order valence-corrected chi connectivity index (χ3v) is 4.26. The first-order valence-electron chi connectivity index (χ1n) is 6.30. The van der Waals surface area contributed by atoms with Gasteiger partial charge in [-0.15, -0.1) is 11.3 Å². The number of aryl methyl sites for hydroxylation is 1. The number of aromatic nitrogens is 2. The molecule has 0 amide bonds. The number of hydrogen-bond donors (Lipinski definition) is 1. The summed E-state index contributed by atoms with van der Waals surface area (Å²) < 4.78 is 2.45. The summed E-state index contributed by atoms with van der Waals surface area (Å²) in [7, 11) is 0. The molecule has 0 spiro atoms. The van der Waals surface area contributed by atoms with Gasteiger partial charge in [0.1, 0.15) is 4.70 Å². The summed E-state index contributed by atoms with van der Waals surface area (Å²) in [5.74, 6) is 0. The van der Waals surface area contributed by atoms with Gasteiger partial charge in [-0.05, 0) is 31.2 Å². The Hall–Kier alpha value is -1.20. The van der Waals surface area contributed by atoms with Gasteiger partial charge in [-0.2, -0.15) is 0 Å². The second-order valence-corrected chi connectivity index (χ2v) is 5.48. The van der Waals surface area contributed by atoms with Crippen molar-refractivity contribution in [2.24, 2.45) is 0 Å². The van der Waals surface area contributed by atoms with E-state index in [1.165, 1.54) is 11.3 Å². The molecule has 0 aliphatic carbocycles. The average molecular weight is 265 g/mol. The third-order valence-electron chi connectivity index (χ3n) is 3.18. The van der Waals surface area contributed by atoms with Crippen LogP contribution in [-0.4, -0.2) is 22.1 Å². The Morgan fingerprint density at radius 3 is 3.06 bits per heavy atom. The van der Waals surface area contributed by atoms with E-state index in [-0.39, 0.29) is 5.56 Å². The summed E-state index contributed by atoms with van der Waals surface area (Å²) in [4.78, 5) is 16.6. The van der Waals surface area contributed by atoms with Crippen molar-refractivity contribution < 1.29 is 0 Å². The number of hydrogen-bond acceptors (Lipinski definition) is 4. The van der Waals surface area contributed by atoms with Crippen molar-refractivity contribution in [1.29, 1.82) is 0 Å². The quantitative estimate of drug-likeness (QED) is 0.901. The molecule has 0 aliphatic heterocycles. The van der Waals surface area contributed by atoms with E-state index in [1.54, 1.807) is 10.9 Å². The molecule has 98 valence electrons. The maximum absolute atomic E-state index is 12.2. The summed E-state index contributed by atoms with van der Waals surface area (Å²) in [6.07, 6.45) is 2.75. The van der Waals surface area contributed by atoms with Gasteiger partial charge in [-0.1, -0.05) is 6.92 Å². The highest BCUT2D eigenvalue weighted by Gasteiger charge is 2.08. The zero-order chi connectivity index (χ0) is 13.1. The highest BCUT2D eigenvalue weighted by atomic mass is 32.1. The van der Waals surface area contributed by atoms with Crippen molar-refractivity contribution >= 4 is 21.6 Å². The third kappa shape index (κ3) is 2.62. The van der Waals surface area contributed by atoms with E-state index < -0.39 is 0 Å². The van der Waals surface area contributed by atoms with Gasteiger partial charge in [0.25, 0.3) is 5.56 Å². The normalized spacial score (nSPS) is 13.1. The molecule has 2 aromatic heterocycles. The molecule has 1 unspecified atom stereocenters. The van der Waals surface area contributed by atoms with Crippen LogP contribution in [-0.2, 0) is 6.54 Å². The second-order valence-electron chi connectivity index (χ2n) is 4.60. The first-order valence-corrected chi connectivity index (χ1v) is 7.18. The Morgan fingerprint density at radius 2 is 2.33 bits per heavy atom. The smallest absolute Gasteiger partial charge is 0.271 e. The van der Waals surface area contributed by atoms with Crippen LogP contribution in [0, 0.1) is 6.92 Å². The molecule has 0 bridgehead atoms. The van der Waals surface area contributed by atoms with Gasteiger partial charge >= 0.3 is 0 Å². The van der Waals surface area contributed by atoms with E-state index in [9.17, 15) is 4.79 Å². The first kappa shape index (κ1) is 13.2. The van der Waals surface area contributed by atoms with E-state index in [0.29, 0.717) is 12.6 Å². The van der Waals surface area contributed by atoms with Crippen molar-refractivity contribution in [2.45, 2.75) is 39.8 Å². The van der Waals surface area contributed by atoms with Crippen molar-refractivity contribution in [3.8, 4) is 0 Å². The first-order chi connectivity index (χ1) is 8.63. The number of fused-ring (bicyclic) bond motifs is 1. The van der Waals surface area contributed by atoms with Crippen LogP contribution in [0.15, 0.2) is 16.5 Å². The lowest BCUT2D eigenvalue weighted by atomic mass is 10.2. The topological polar surface area (TPSA) is 46.9 Å². The van der Waals surface area contributed by atoms with Crippen LogP contribution < -0.4 is 10.9 Å². The van der Waals surface area contributed by atoms with E-state index >= 15 is 0 Å². The fourth-order valence-electron chi connectivity index (χ4n) is 1.80. The fraction of sp³-hybridized carbons (Fsp3) is 0.538. The Balaban J connectivity index is 2.15. The minimum atomic E-state index is 0.0732. The van der Waals surface area contributed by atoms with Gasteiger partial charge in [0.15, 0.2) is 0 Å². The van der Waals surface area contributed by atoms with Gasteiger partial charge in [-0.3, -0.25) is 9.36 Å². The van der Waals surface area contributed by atoms with Crippen LogP contribution in [0.5, 0.6) is 0 Å². The lowest BCUT2D eigenvalue weighted by molar-refractivity contribution is 0.499. The van der Waals surface area contributed by atoms with Crippen LogP contribution in [0.2, 0.25) is 0 Å². The van der Waals surface area contributed by atoms with Gasteiger partial charge in [0.2, 0.25) is 0 Å². The lowest BCUT2D eigenvalue weighted by Crippen LogP contribution is -2.31. The molecule has 1 N–H and O–H groups in total. The maximum atomic E-state index is 12.2. The molecule has 2 rings (SSSR count). The minimum Gasteiger partial charge on any atom is -0.312 e. The van der Waals surface area contributed by atoms with Gasteiger partial charge in [-0.25, -0.2) is 4.98 Å². The Bertz CT molecular complexity index is 587. The standard InChI is InChI=1S/C13H19N3OS/c1-4-10(3)14-5-6-16-8-15-11-9(2)7-18-12(11)13(16)17/h7-8,10,14H,4-6H2,1-3H3. The summed E-state index contributed by atoms with van der Waals surface area (Å²) in [5, 5.41) is 5.36. The molecule has 2 heterocycles. The second kappa shape index (κ2) is 5.63. The number of rotatable bonds is 5. The predicted octanol–water partition coefficient (Wildman–Crippen LogP) is 2.15. The Morgan fingerprint density at radius 1 is 1.56 bits per heavy atom. The molecule has 18 heavy (non-hydrogen) atoms. The predicted molar refractivity (Wildman–Crippen MR) is 76.4 cm³/mol. The molecule has 0 aliphatic rings. The molecule has 0 saturated carbocycles. The Labute approximate surface area is 111 Å². The zero-order valence-corrected chi connectivity index (χ0v) is 11.9. The molecule has 5 heteroatoms. The van der Waals surface area contributed by atoms with Crippen LogP contribution >= 0.6 is 11.3 Å². The van der Waals surface area contributed by atoms with E-state index in [0.717, 1.165) is 28.7 Å². The molecule has 1 atom stereocenters. The van der Waals surface area contributed by atoms with Gasteiger partial charge in [0, 0.05) is 19.1 Å². The van der Waals surface area contributed by atoms with Crippen molar-refractivity contribution in [2.75, 3.05) is 6.54 Å². The monoisotopic (exact) mass is 265 g/mol. The van der Waals surface area contributed by atoms with Crippen LogP contribution in [0.3, 0.4) is 0 Å². The molecule has 0 saturated heterocycles. The van der Waals surface area contributed by atoms with Crippen LogP contribution in [0.1, 0.15) is 25.8 Å². The Kier molecular flexibility index (Phi) is 4.14. The highest BCUT2D eigenvalue weighted by molar-refractivity contribution is 7.17. The van der Waals surface area contributed by atoms with Gasteiger partial charge < -0.3 is 5.32 Å². The van der Waals surface area contributed by atoms with E-state index in [2.05, 4.69) is 24.1 Å². The van der Waals surface area contributed by atoms with E-state index in [4.69, 9.17) is 0 Å². The van der Waals surface area contributed by atoms with Crippen molar-refractivity contribution in [3.63, 3.8) is 0 Å². The molecule has 0 radical (unpaired) electrons. The molecular formula is C13H19N3OS. The minimum absolute atomic E-state index is 0.0732. The average Bonchev–Trinajstić information content (AvgIpc) is 2.74. The molecule has 0 aromatic carbocycles. The number of nitrogens with zero attached hydrogens (tertiary/aromatic N) is 2. The van der Waals surface area contributed by atoms with E-state index in [1.807, 2.05) is 12.3 Å². The SMILES string of the molecule is CCC(C)NCCn1cnc2c(C)csc2c1=O. The highest BCUT2D eigenvalue weighted by Crippen LogP contribution is 2.19. The largest absolute Gasteiger partial charge is 0.312 e. The summed E-state index contributed by atoms with van der Waals surface area (Å²) >= 11 is 1.48. The molecule has 0 fully saturated rings. The van der Waals surface area contributed by atoms with Crippen molar-refractivity contribution in [1.82, 2.24) is 14.9 Å². The zero-order valence-electron chi connectivity index (χ0n) is 11.1. The molecular weight excluding hydrogens is 246 g/mol. The number of thiophene rings is 1. The van der Waals surface area contributed by atoms with Crippen LogP contribution in [0.4, 0.5) is 0 Å². The number of nitrogens with one attached hydrogen (secondary N) is 1.